The van der Waals surface area contributed by atoms with Crippen molar-refractivity contribution in [2.45, 2.75) is 12.5 Å². The van der Waals surface area contributed by atoms with Gasteiger partial charge in [0.05, 0.1) is 11.6 Å². The number of amides is 1. The zero-order valence-corrected chi connectivity index (χ0v) is 14.1. The van der Waals surface area contributed by atoms with E-state index >= 15 is 0 Å². The van der Waals surface area contributed by atoms with E-state index in [1.165, 1.54) is 11.6 Å². The lowest BCUT2D eigenvalue weighted by Gasteiger charge is -2.10. The molecule has 0 fully saturated rings. The molecule has 2 aromatic carbocycles. The monoisotopic (exact) mass is 357 g/mol. The number of nitrogens with one attached hydrogen (secondary N) is 1. The lowest BCUT2D eigenvalue weighted by Crippen LogP contribution is -2.33. The standard InChI is InChI=1S/C19H16ClNO4/c20-15-7-12(8-17-19(15)24-11-23-17)5-6-18(22)21-10-14-9-13-3-1-2-4-16(13)25-14/h1-8,14H,9-11H2,(H,21,22)/b6-5-/t14-/m1/s1. The summed E-state index contributed by atoms with van der Waals surface area (Å²) in [7, 11) is 0. The SMILES string of the molecule is O=C(/C=C\c1cc(Cl)c2c(c1)OCO2)NC[C@H]1Cc2ccccc2O1. The molecule has 1 amide bonds. The number of carbonyl (C=O) groups excluding carboxylic acids is 1. The minimum absolute atomic E-state index is 0.0327. The highest BCUT2D eigenvalue weighted by atomic mass is 35.5. The Hall–Kier alpha value is -2.66. The van der Waals surface area contributed by atoms with Gasteiger partial charge >= 0.3 is 0 Å². The first-order valence-corrected chi connectivity index (χ1v) is 8.36. The summed E-state index contributed by atoms with van der Waals surface area (Å²) in [5.41, 5.74) is 1.95. The zero-order valence-electron chi connectivity index (χ0n) is 13.3. The van der Waals surface area contributed by atoms with E-state index in [2.05, 4.69) is 5.32 Å². The van der Waals surface area contributed by atoms with Gasteiger partial charge in [-0.25, -0.2) is 0 Å². The first kappa shape index (κ1) is 15.8. The van der Waals surface area contributed by atoms with Crippen LogP contribution in [0.4, 0.5) is 0 Å². The maximum Gasteiger partial charge on any atom is 0.244 e. The number of hydrogen-bond donors (Lipinski definition) is 1. The summed E-state index contributed by atoms with van der Waals surface area (Å²) in [6.07, 6.45) is 3.93. The second kappa shape index (κ2) is 6.69. The van der Waals surface area contributed by atoms with Gasteiger partial charge in [0.15, 0.2) is 11.5 Å². The Morgan fingerprint density at radius 2 is 2.12 bits per heavy atom. The van der Waals surface area contributed by atoms with Crippen LogP contribution in [0.5, 0.6) is 17.2 Å². The number of carbonyl (C=O) groups is 1. The maximum atomic E-state index is 12.0. The highest BCUT2D eigenvalue weighted by molar-refractivity contribution is 6.32. The Labute approximate surface area is 150 Å². The topological polar surface area (TPSA) is 56.8 Å². The van der Waals surface area contributed by atoms with Crippen molar-refractivity contribution in [1.29, 1.82) is 0 Å². The molecule has 0 saturated heterocycles. The second-order valence-electron chi connectivity index (χ2n) is 5.87. The Bertz CT molecular complexity index is 824. The van der Waals surface area contributed by atoms with E-state index in [9.17, 15) is 4.79 Å². The molecule has 0 saturated carbocycles. The highest BCUT2D eigenvalue weighted by Gasteiger charge is 2.22. The molecular weight excluding hydrogens is 342 g/mol. The Kier molecular flexibility index (Phi) is 4.24. The van der Waals surface area contributed by atoms with E-state index in [1.54, 1.807) is 18.2 Å². The van der Waals surface area contributed by atoms with Gasteiger partial charge in [0.1, 0.15) is 11.9 Å². The van der Waals surface area contributed by atoms with Crippen LogP contribution >= 0.6 is 11.6 Å². The molecule has 0 spiro atoms. The predicted molar refractivity (Wildman–Crippen MR) is 94.2 cm³/mol. The predicted octanol–water partition coefficient (Wildman–Crippen LogP) is 3.20. The Morgan fingerprint density at radius 3 is 3.00 bits per heavy atom. The third-order valence-electron chi connectivity index (χ3n) is 4.09. The molecule has 1 N–H and O–H groups in total. The largest absolute Gasteiger partial charge is 0.488 e. The summed E-state index contributed by atoms with van der Waals surface area (Å²) in [6.45, 7) is 0.617. The van der Waals surface area contributed by atoms with Crippen molar-refractivity contribution in [1.82, 2.24) is 5.32 Å². The molecule has 25 heavy (non-hydrogen) atoms. The normalized spacial score (nSPS) is 17.4. The number of benzene rings is 2. The van der Waals surface area contributed by atoms with Gasteiger partial charge in [0.2, 0.25) is 12.7 Å². The number of rotatable bonds is 4. The number of fused-ring (bicyclic) bond motifs is 2. The van der Waals surface area contributed by atoms with Gasteiger partial charge in [0.25, 0.3) is 0 Å². The van der Waals surface area contributed by atoms with Crippen LogP contribution in [0.15, 0.2) is 42.5 Å². The minimum Gasteiger partial charge on any atom is -0.488 e. The van der Waals surface area contributed by atoms with Crippen LogP contribution in [0, 0.1) is 0 Å². The summed E-state index contributed by atoms with van der Waals surface area (Å²) in [5.74, 6) is 1.84. The van der Waals surface area contributed by atoms with E-state index < -0.39 is 0 Å². The average Bonchev–Trinajstić information content (AvgIpc) is 3.24. The van der Waals surface area contributed by atoms with Gasteiger partial charge in [-0.1, -0.05) is 29.8 Å². The van der Waals surface area contributed by atoms with Gasteiger partial charge in [-0.15, -0.1) is 0 Å². The molecule has 2 heterocycles. The maximum absolute atomic E-state index is 12.0. The van der Waals surface area contributed by atoms with Crippen molar-refractivity contribution >= 4 is 23.6 Å². The van der Waals surface area contributed by atoms with Crippen molar-refractivity contribution in [3.8, 4) is 17.2 Å². The van der Waals surface area contributed by atoms with Crippen molar-refractivity contribution in [2.75, 3.05) is 13.3 Å². The summed E-state index contributed by atoms with van der Waals surface area (Å²) in [4.78, 5) is 12.0. The summed E-state index contributed by atoms with van der Waals surface area (Å²) >= 11 is 6.13. The first-order valence-electron chi connectivity index (χ1n) is 7.98. The van der Waals surface area contributed by atoms with Crippen molar-refractivity contribution in [2.24, 2.45) is 0 Å². The fraction of sp³-hybridized carbons (Fsp3) is 0.211. The molecular formula is C19H16ClNO4. The van der Waals surface area contributed by atoms with Crippen LogP contribution in [0.1, 0.15) is 11.1 Å². The van der Waals surface area contributed by atoms with Crippen molar-refractivity contribution in [3.63, 3.8) is 0 Å². The van der Waals surface area contributed by atoms with E-state index in [4.69, 9.17) is 25.8 Å². The smallest absolute Gasteiger partial charge is 0.244 e. The van der Waals surface area contributed by atoms with Gasteiger partial charge < -0.3 is 19.5 Å². The molecule has 0 aliphatic carbocycles. The first-order chi connectivity index (χ1) is 12.2. The van der Waals surface area contributed by atoms with Crippen molar-refractivity contribution < 1.29 is 19.0 Å². The molecule has 5 nitrogen and oxygen atoms in total. The third kappa shape index (κ3) is 3.42. The number of para-hydroxylation sites is 1. The van der Waals surface area contributed by atoms with Gasteiger partial charge in [-0.3, -0.25) is 4.79 Å². The van der Waals surface area contributed by atoms with Crippen LogP contribution in [0.25, 0.3) is 6.08 Å². The van der Waals surface area contributed by atoms with E-state index in [0.717, 1.165) is 17.7 Å². The summed E-state index contributed by atoms with van der Waals surface area (Å²) < 4.78 is 16.4. The average molecular weight is 358 g/mol. The molecule has 128 valence electrons. The molecule has 2 aliphatic heterocycles. The summed E-state index contributed by atoms with van der Waals surface area (Å²) in [5, 5.41) is 3.32. The van der Waals surface area contributed by atoms with Gasteiger partial charge in [-0.05, 0) is 35.4 Å². The molecule has 6 heteroatoms. The van der Waals surface area contributed by atoms with Crippen LogP contribution in [-0.4, -0.2) is 25.3 Å². The van der Waals surface area contributed by atoms with Gasteiger partial charge in [-0.2, -0.15) is 0 Å². The Morgan fingerprint density at radius 1 is 1.24 bits per heavy atom. The lowest BCUT2D eigenvalue weighted by molar-refractivity contribution is -0.116. The molecule has 1 atom stereocenters. The van der Waals surface area contributed by atoms with Crippen LogP contribution in [-0.2, 0) is 11.2 Å². The zero-order chi connectivity index (χ0) is 17.2. The number of halogens is 1. The van der Waals surface area contributed by atoms with Crippen molar-refractivity contribution in [3.05, 3.63) is 58.6 Å². The fourth-order valence-corrected chi connectivity index (χ4v) is 3.17. The molecule has 0 bridgehead atoms. The second-order valence-corrected chi connectivity index (χ2v) is 6.27. The molecule has 0 aromatic heterocycles. The van der Waals surface area contributed by atoms with E-state index in [0.29, 0.717) is 23.1 Å². The highest BCUT2D eigenvalue weighted by Crippen LogP contribution is 2.40. The number of hydrogen-bond acceptors (Lipinski definition) is 4. The molecule has 4 rings (SSSR count). The van der Waals surface area contributed by atoms with Crippen LogP contribution in [0.2, 0.25) is 5.02 Å². The third-order valence-corrected chi connectivity index (χ3v) is 4.38. The van der Waals surface area contributed by atoms with Crippen LogP contribution < -0.4 is 19.5 Å². The van der Waals surface area contributed by atoms with Crippen LogP contribution in [0.3, 0.4) is 0 Å². The quantitative estimate of drug-likeness (QED) is 0.854. The molecule has 0 unspecified atom stereocenters. The molecule has 2 aliphatic rings. The summed E-state index contributed by atoms with van der Waals surface area (Å²) in [6, 6.07) is 11.4. The van der Waals surface area contributed by atoms with Gasteiger partial charge in [0, 0.05) is 12.5 Å². The number of ether oxygens (including phenoxy) is 3. The fourth-order valence-electron chi connectivity index (χ4n) is 2.90. The minimum atomic E-state index is -0.187. The lowest BCUT2D eigenvalue weighted by atomic mass is 10.1. The molecule has 2 aromatic rings. The molecule has 0 radical (unpaired) electrons. The Balaban J connectivity index is 1.32. The van der Waals surface area contributed by atoms with E-state index in [-0.39, 0.29) is 18.8 Å². The van der Waals surface area contributed by atoms with E-state index in [1.807, 2.05) is 24.3 Å².